The van der Waals surface area contributed by atoms with Crippen molar-refractivity contribution in [3.8, 4) is 0 Å². The third-order valence-corrected chi connectivity index (χ3v) is 4.58. The van der Waals surface area contributed by atoms with Crippen LogP contribution in [0.2, 0.25) is 0 Å². The first-order valence-electron chi connectivity index (χ1n) is 10.0. The number of nitrogens with one attached hydrogen (secondary N) is 2. The number of fused-ring (bicyclic) bond motifs is 1. The minimum Gasteiger partial charge on any atom is -0.380 e. The molecule has 154 valence electrons. The summed E-state index contributed by atoms with van der Waals surface area (Å²) in [6.45, 7) is 7.65. The molecule has 1 aliphatic heterocycles. The Balaban J connectivity index is 1.58. The number of guanidine groups is 1. The summed E-state index contributed by atoms with van der Waals surface area (Å²) >= 11 is 0. The molecule has 0 saturated carbocycles. The highest BCUT2D eigenvalue weighted by molar-refractivity contribution is 6.21. The van der Waals surface area contributed by atoms with Gasteiger partial charge in [0.25, 0.3) is 11.8 Å². The number of unbranched alkanes of at least 4 members (excludes halogenated alkanes) is 1. The van der Waals surface area contributed by atoms with Crippen molar-refractivity contribution in [3.05, 3.63) is 35.4 Å². The van der Waals surface area contributed by atoms with Gasteiger partial charge in [-0.25, -0.2) is 0 Å². The fraction of sp³-hybridized carbons (Fsp3) is 0.571. The number of carbonyl (C=O) groups is 2. The zero-order valence-electron chi connectivity index (χ0n) is 17.2. The van der Waals surface area contributed by atoms with E-state index < -0.39 is 0 Å². The SMILES string of the molecule is CN=C(NCCCCN1C(=O)c2ccccc2C1=O)NCCOCCC(C)C. The van der Waals surface area contributed by atoms with Gasteiger partial charge in [-0.2, -0.15) is 0 Å². The minimum atomic E-state index is -0.191. The molecular weight excluding hydrogens is 356 g/mol. The molecule has 1 aromatic carbocycles. The van der Waals surface area contributed by atoms with Crippen LogP contribution in [0, 0.1) is 5.92 Å². The summed E-state index contributed by atoms with van der Waals surface area (Å²) in [6, 6.07) is 6.98. The molecule has 1 aliphatic rings. The highest BCUT2D eigenvalue weighted by Gasteiger charge is 2.34. The number of aliphatic imine (C=N–C) groups is 1. The predicted molar refractivity (Wildman–Crippen MR) is 111 cm³/mol. The second-order valence-electron chi connectivity index (χ2n) is 7.24. The standard InChI is InChI=1S/C21H32N4O3/c1-16(2)10-14-28-15-12-24-21(22-3)23-11-6-7-13-25-19(26)17-8-4-5-9-18(17)20(25)27/h4-5,8-9,16H,6-7,10-15H2,1-3H3,(H2,22,23,24). The van der Waals surface area contributed by atoms with Gasteiger partial charge in [0, 0.05) is 33.3 Å². The molecule has 0 fully saturated rings. The maximum atomic E-state index is 12.3. The highest BCUT2D eigenvalue weighted by Crippen LogP contribution is 2.22. The van der Waals surface area contributed by atoms with E-state index in [4.69, 9.17) is 4.74 Å². The fourth-order valence-electron chi connectivity index (χ4n) is 2.93. The third-order valence-electron chi connectivity index (χ3n) is 4.58. The van der Waals surface area contributed by atoms with E-state index in [-0.39, 0.29) is 11.8 Å². The number of hydrogen-bond acceptors (Lipinski definition) is 4. The van der Waals surface area contributed by atoms with Crippen molar-refractivity contribution in [2.24, 2.45) is 10.9 Å². The molecule has 1 aromatic rings. The largest absolute Gasteiger partial charge is 0.380 e. The van der Waals surface area contributed by atoms with Gasteiger partial charge >= 0.3 is 0 Å². The molecule has 28 heavy (non-hydrogen) atoms. The van der Waals surface area contributed by atoms with E-state index in [0.717, 1.165) is 38.4 Å². The Bertz CT molecular complexity index is 653. The van der Waals surface area contributed by atoms with Crippen LogP contribution >= 0.6 is 0 Å². The van der Waals surface area contributed by atoms with E-state index >= 15 is 0 Å². The summed E-state index contributed by atoms with van der Waals surface area (Å²) < 4.78 is 5.57. The first-order valence-corrected chi connectivity index (χ1v) is 10.0. The molecule has 0 bridgehead atoms. The molecule has 0 unspecified atom stereocenters. The smallest absolute Gasteiger partial charge is 0.261 e. The van der Waals surface area contributed by atoms with Gasteiger partial charge in [-0.1, -0.05) is 26.0 Å². The van der Waals surface area contributed by atoms with Gasteiger partial charge in [0.1, 0.15) is 0 Å². The number of carbonyl (C=O) groups excluding carboxylic acids is 2. The van der Waals surface area contributed by atoms with E-state index in [1.165, 1.54) is 4.90 Å². The van der Waals surface area contributed by atoms with Gasteiger partial charge in [0.15, 0.2) is 5.96 Å². The summed E-state index contributed by atoms with van der Waals surface area (Å²) in [5.41, 5.74) is 1.01. The summed E-state index contributed by atoms with van der Waals surface area (Å²) in [6.07, 6.45) is 2.65. The minimum absolute atomic E-state index is 0.191. The third kappa shape index (κ3) is 6.34. The van der Waals surface area contributed by atoms with Crippen LogP contribution in [0.5, 0.6) is 0 Å². The number of hydrogen-bond donors (Lipinski definition) is 2. The van der Waals surface area contributed by atoms with Crippen LogP contribution in [0.15, 0.2) is 29.3 Å². The summed E-state index contributed by atoms with van der Waals surface area (Å²) in [4.78, 5) is 30.1. The molecule has 0 atom stereocenters. The molecule has 2 N–H and O–H groups in total. The Kier molecular flexibility index (Phi) is 8.94. The molecule has 0 aromatic heterocycles. The number of amides is 2. The number of ether oxygens (including phenoxy) is 1. The van der Waals surface area contributed by atoms with Crippen molar-refractivity contribution in [3.63, 3.8) is 0 Å². The maximum absolute atomic E-state index is 12.3. The number of imide groups is 1. The summed E-state index contributed by atoms with van der Waals surface area (Å²) in [5.74, 6) is 1.00. The molecule has 7 nitrogen and oxygen atoms in total. The molecule has 0 radical (unpaired) electrons. The van der Waals surface area contributed by atoms with Gasteiger partial charge in [0.05, 0.1) is 17.7 Å². The zero-order chi connectivity index (χ0) is 20.4. The predicted octanol–water partition coefficient (Wildman–Crippen LogP) is 2.29. The average Bonchev–Trinajstić information content (AvgIpc) is 2.93. The monoisotopic (exact) mass is 388 g/mol. The van der Waals surface area contributed by atoms with E-state index in [1.54, 1.807) is 31.3 Å². The Morgan fingerprint density at radius 3 is 2.29 bits per heavy atom. The van der Waals surface area contributed by atoms with Crippen LogP contribution in [-0.4, -0.2) is 62.6 Å². The summed E-state index contributed by atoms with van der Waals surface area (Å²) in [5, 5.41) is 6.45. The Hall–Kier alpha value is -2.41. The Morgan fingerprint density at radius 1 is 1.04 bits per heavy atom. The van der Waals surface area contributed by atoms with Gasteiger partial charge < -0.3 is 15.4 Å². The van der Waals surface area contributed by atoms with Crippen LogP contribution in [0.1, 0.15) is 53.8 Å². The molecule has 7 heteroatoms. The van der Waals surface area contributed by atoms with Gasteiger partial charge in [0.2, 0.25) is 0 Å². The molecule has 2 amide bonds. The Morgan fingerprint density at radius 2 is 1.68 bits per heavy atom. The maximum Gasteiger partial charge on any atom is 0.261 e. The lowest BCUT2D eigenvalue weighted by Gasteiger charge is -2.15. The first-order chi connectivity index (χ1) is 13.5. The fourth-order valence-corrected chi connectivity index (χ4v) is 2.93. The van der Waals surface area contributed by atoms with Crippen molar-refractivity contribution in [1.82, 2.24) is 15.5 Å². The van der Waals surface area contributed by atoms with E-state index in [0.29, 0.717) is 36.7 Å². The van der Waals surface area contributed by atoms with Crippen LogP contribution < -0.4 is 10.6 Å². The highest BCUT2D eigenvalue weighted by atomic mass is 16.5. The molecule has 1 heterocycles. The van der Waals surface area contributed by atoms with Crippen LogP contribution in [-0.2, 0) is 4.74 Å². The molecule has 0 aliphatic carbocycles. The van der Waals surface area contributed by atoms with E-state index in [1.807, 2.05) is 0 Å². The first kappa shape index (κ1) is 21.9. The van der Waals surface area contributed by atoms with Crippen molar-refractivity contribution >= 4 is 17.8 Å². The lowest BCUT2D eigenvalue weighted by atomic mass is 10.1. The average molecular weight is 389 g/mol. The lowest BCUT2D eigenvalue weighted by molar-refractivity contribution is 0.0652. The zero-order valence-corrected chi connectivity index (χ0v) is 17.2. The van der Waals surface area contributed by atoms with Crippen molar-refractivity contribution in [2.75, 3.05) is 39.9 Å². The van der Waals surface area contributed by atoms with E-state index in [2.05, 4.69) is 29.5 Å². The second-order valence-corrected chi connectivity index (χ2v) is 7.24. The van der Waals surface area contributed by atoms with Crippen molar-refractivity contribution in [1.29, 1.82) is 0 Å². The van der Waals surface area contributed by atoms with Crippen LogP contribution in [0.25, 0.3) is 0 Å². The van der Waals surface area contributed by atoms with Crippen molar-refractivity contribution in [2.45, 2.75) is 33.1 Å². The molecular formula is C21H32N4O3. The van der Waals surface area contributed by atoms with Crippen LogP contribution in [0.4, 0.5) is 0 Å². The molecule has 0 saturated heterocycles. The van der Waals surface area contributed by atoms with Gasteiger partial charge in [-0.05, 0) is 37.3 Å². The topological polar surface area (TPSA) is 83.0 Å². The van der Waals surface area contributed by atoms with Crippen molar-refractivity contribution < 1.29 is 14.3 Å². The normalized spacial score (nSPS) is 14.0. The second kappa shape index (κ2) is 11.4. The number of benzene rings is 1. The van der Waals surface area contributed by atoms with Gasteiger partial charge in [-0.15, -0.1) is 0 Å². The van der Waals surface area contributed by atoms with Crippen LogP contribution in [0.3, 0.4) is 0 Å². The molecule has 0 spiro atoms. The molecule has 2 rings (SSSR count). The lowest BCUT2D eigenvalue weighted by Crippen LogP contribution is -2.39. The summed E-state index contributed by atoms with van der Waals surface area (Å²) in [7, 11) is 1.73. The number of nitrogens with zero attached hydrogens (tertiary/aromatic N) is 2. The quantitative estimate of drug-likeness (QED) is 0.263. The van der Waals surface area contributed by atoms with Gasteiger partial charge in [-0.3, -0.25) is 19.5 Å². The Labute approximate surface area is 167 Å². The number of rotatable bonds is 11. The van der Waals surface area contributed by atoms with E-state index in [9.17, 15) is 9.59 Å².